The number of rotatable bonds is 7. The molecule has 0 bridgehead atoms. The van der Waals surface area contributed by atoms with E-state index in [1.165, 1.54) is 12.8 Å². The van der Waals surface area contributed by atoms with Crippen molar-refractivity contribution in [2.24, 2.45) is 11.1 Å². The van der Waals surface area contributed by atoms with Crippen LogP contribution in [0.2, 0.25) is 0 Å². The van der Waals surface area contributed by atoms with Crippen molar-refractivity contribution in [1.29, 1.82) is 0 Å². The summed E-state index contributed by atoms with van der Waals surface area (Å²) in [5, 5.41) is 4.25. The number of carbonyl (C=O) groups is 1. The molecule has 1 aromatic carbocycles. The predicted molar refractivity (Wildman–Crippen MR) is 97.9 cm³/mol. The maximum Gasteiger partial charge on any atom is 0.225 e. The summed E-state index contributed by atoms with van der Waals surface area (Å²) in [5.74, 6) is 1.35. The number of amides is 1. The zero-order chi connectivity index (χ0) is 17.6. The Morgan fingerprint density at radius 3 is 2.64 bits per heavy atom. The molecule has 3 rings (SSSR count). The van der Waals surface area contributed by atoms with Gasteiger partial charge in [0.05, 0.1) is 19.4 Å². The zero-order valence-electron chi connectivity index (χ0n) is 15.2. The Kier molecular flexibility index (Phi) is 5.95. The average Bonchev–Trinajstić information content (AvgIpc) is 3.33. The SMILES string of the molecule is CCCN(CC1CC(c2ccc(OC)cc2)=NO1)C(=O)C1CCCC1. The van der Waals surface area contributed by atoms with Gasteiger partial charge in [-0.1, -0.05) is 24.9 Å². The molecule has 0 saturated heterocycles. The van der Waals surface area contributed by atoms with Gasteiger partial charge in [0, 0.05) is 18.9 Å². The number of ether oxygens (including phenoxy) is 1. The van der Waals surface area contributed by atoms with Crippen LogP contribution < -0.4 is 4.74 Å². The molecule has 1 aliphatic heterocycles. The van der Waals surface area contributed by atoms with Crippen LogP contribution in [-0.4, -0.2) is 42.8 Å². The summed E-state index contributed by atoms with van der Waals surface area (Å²) in [7, 11) is 1.66. The van der Waals surface area contributed by atoms with Gasteiger partial charge in [0.2, 0.25) is 5.91 Å². The van der Waals surface area contributed by atoms with Crippen molar-refractivity contribution in [2.75, 3.05) is 20.2 Å². The van der Waals surface area contributed by atoms with Crippen molar-refractivity contribution in [3.63, 3.8) is 0 Å². The molecule has 0 aromatic heterocycles. The number of hydrogen-bond donors (Lipinski definition) is 0. The molecule has 1 unspecified atom stereocenters. The zero-order valence-corrected chi connectivity index (χ0v) is 15.2. The lowest BCUT2D eigenvalue weighted by Gasteiger charge is -2.27. The maximum atomic E-state index is 12.8. The van der Waals surface area contributed by atoms with Crippen molar-refractivity contribution >= 4 is 11.6 Å². The third kappa shape index (κ3) is 4.33. The molecular weight excluding hydrogens is 316 g/mol. The van der Waals surface area contributed by atoms with Crippen molar-refractivity contribution in [3.05, 3.63) is 29.8 Å². The normalized spacial score (nSPS) is 20.2. The third-order valence-electron chi connectivity index (χ3n) is 5.09. The fourth-order valence-electron chi connectivity index (χ4n) is 3.72. The monoisotopic (exact) mass is 344 g/mol. The molecule has 0 N–H and O–H groups in total. The minimum Gasteiger partial charge on any atom is -0.497 e. The van der Waals surface area contributed by atoms with Crippen LogP contribution in [0.15, 0.2) is 29.4 Å². The van der Waals surface area contributed by atoms with Crippen LogP contribution in [0, 0.1) is 5.92 Å². The second kappa shape index (κ2) is 8.37. The Hall–Kier alpha value is -2.04. The second-order valence-corrected chi connectivity index (χ2v) is 6.96. The van der Waals surface area contributed by atoms with E-state index < -0.39 is 0 Å². The number of carbonyl (C=O) groups excluding carboxylic acids is 1. The minimum atomic E-state index is -0.0472. The Morgan fingerprint density at radius 1 is 1.28 bits per heavy atom. The summed E-state index contributed by atoms with van der Waals surface area (Å²) in [5.41, 5.74) is 1.99. The molecule has 1 saturated carbocycles. The summed E-state index contributed by atoms with van der Waals surface area (Å²) in [6.07, 6.45) is 6.11. The molecule has 1 fully saturated rings. The van der Waals surface area contributed by atoms with Crippen LogP contribution >= 0.6 is 0 Å². The molecule has 5 heteroatoms. The van der Waals surface area contributed by atoms with Crippen LogP contribution in [0.5, 0.6) is 5.75 Å². The first-order valence-corrected chi connectivity index (χ1v) is 9.37. The fraction of sp³-hybridized carbons (Fsp3) is 0.600. The van der Waals surface area contributed by atoms with Gasteiger partial charge < -0.3 is 14.5 Å². The quantitative estimate of drug-likeness (QED) is 0.759. The van der Waals surface area contributed by atoms with E-state index in [4.69, 9.17) is 9.57 Å². The van der Waals surface area contributed by atoms with Gasteiger partial charge in [0.15, 0.2) is 6.10 Å². The second-order valence-electron chi connectivity index (χ2n) is 6.96. The van der Waals surface area contributed by atoms with Crippen LogP contribution in [-0.2, 0) is 9.63 Å². The van der Waals surface area contributed by atoms with Gasteiger partial charge in [0.25, 0.3) is 0 Å². The highest BCUT2D eigenvalue weighted by Crippen LogP contribution is 2.27. The number of oxime groups is 1. The van der Waals surface area contributed by atoms with Crippen molar-refractivity contribution in [3.8, 4) is 5.75 Å². The van der Waals surface area contributed by atoms with Crippen LogP contribution in [0.1, 0.15) is 51.0 Å². The van der Waals surface area contributed by atoms with E-state index in [1.807, 2.05) is 29.2 Å². The van der Waals surface area contributed by atoms with E-state index in [9.17, 15) is 4.79 Å². The van der Waals surface area contributed by atoms with Crippen molar-refractivity contribution in [1.82, 2.24) is 4.90 Å². The van der Waals surface area contributed by atoms with Gasteiger partial charge >= 0.3 is 0 Å². The molecule has 1 atom stereocenters. The fourth-order valence-corrected chi connectivity index (χ4v) is 3.72. The molecule has 136 valence electrons. The summed E-state index contributed by atoms with van der Waals surface area (Å²) in [4.78, 5) is 20.4. The third-order valence-corrected chi connectivity index (χ3v) is 5.09. The summed E-state index contributed by atoms with van der Waals surface area (Å²) in [6, 6.07) is 7.85. The van der Waals surface area contributed by atoms with Crippen LogP contribution in [0.25, 0.3) is 0 Å². The number of methoxy groups -OCH3 is 1. The lowest BCUT2D eigenvalue weighted by Crippen LogP contribution is -2.41. The smallest absolute Gasteiger partial charge is 0.225 e. The van der Waals surface area contributed by atoms with Crippen LogP contribution in [0.3, 0.4) is 0 Å². The summed E-state index contributed by atoms with van der Waals surface area (Å²) in [6.45, 7) is 3.54. The first-order valence-electron chi connectivity index (χ1n) is 9.37. The molecule has 1 aromatic rings. The molecule has 25 heavy (non-hydrogen) atoms. The molecule has 0 radical (unpaired) electrons. The van der Waals surface area contributed by atoms with Gasteiger partial charge in [-0.25, -0.2) is 0 Å². The standard InChI is InChI=1S/C20H28N2O3/c1-3-12-22(20(23)16-6-4-5-7-16)14-18-13-19(21-25-18)15-8-10-17(24-2)11-9-15/h8-11,16,18H,3-7,12-14H2,1-2H3. The van der Waals surface area contributed by atoms with Crippen molar-refractivity contribution in [2.45, 2.75) is 51.6 Å². The van der Waals surface area contributed by atoms with E-state index in [1.54, 1.807) is 7.11 Å². The minimum absolute atomic E-state index is 0.0472. The number of benzene rings is 1. The summed E-state index contributed by atoms with van der Waals surface area (Å²) < 4.78 is 5.19. The molecule has 1 aliphatic carbocycles. The lowest BCUT2D eigenvalue weighted by atomic mass is 10.0. The number of nitrogens with zero attached hydrogens (tertiary/aromatic N) is 2. The lowest BCUT2D eigenvalue weighted by molar-refractivity contribution is -0.137. The Morgan fingerprint density at radius 2 is 2.00 bits per heavy atom. The largest absolute Gasteiger partial charge is 0.497 e. The highest BCUT2D eigenvalue weighted by atomic mass is 16.6. The molecule has 0 spiro atoms. The molecular formula is C20H28N2O3. The molecule has 5 nitrogen and oxygen atoms in total. The van der Waals surface area contributed by atoms with E-state index in [0.717, 1.165) is 49.3 Å². The maximum absolute atomic E-state index is 12.8. The Balaban J connectivity index is 1.58. The topological polar surface area (TPSA) is 51.1 Å². The van der Waals surface area contributed by atoms with Gasteiger partial charge in [-0.2, -0.15) is 0 Å². The first-order chi connectivity index (χ1) is 12.2. The van der Waals surface area contributed by atoms with Gasteiger partial charge in [-0.15, -0.1) is 0 Å². The molecule has 1 amide bonds. The van der Waals surface area contributed by atoms with E-state index in [-0.39, 0.29) is 12.0 Å². The van der Waals surface area contributed by atoms with E-state index in [0.29, 0.717) is 12.5 Å². The van der Waals surface area contributed by atoms with Gasteiger partial charge in [0.1, 0.15) is 5.75 Å². The average molecular weight is 344 g/mol. The van der Waals surface area contributed by atoms with Crippen molar-refractivity contribution < 1.29 is 14.4 Å². The van der Waals surface area contributed by atoms with E-state index >= 15 is 0 Å². The van der Waals surface area contributed by atoms with E-state index in [2.05, 4.69) is 12.1 Å². The number of hydrogen-bond acceptors (Lipinski definition) is 4. The van der Waals surface area contributed by atoms with Gasteiger partial charge in [-0.05, 0) is 49.1 Å². The van der Waals surface area contributed by atoms with Crippen LogP contribution in [0.4, 0.5) is 0 Å². The Labute approximate surface area is 150 Å². The predicted octanol–water partition coefficient (Wildman–Crippen LogP) is 3.62. The molecule has 2 aliphatic rings. The Bertz CT molecular complexity index is 606. The molecule has 1 heterocycles. The van der Waals surface area contributed by atoms with Gasteiger partial charge in [-0.3, -0.25) is 4.79 Å². The first kappa shape index (κ1) is 17.8. The summed E-state index contributed by atoms with van der Waals surface area (Å²) >= 11 is 0. The highest BCUT2D eigenvalue weighted by molar-refractivity contribution is 6.01. The highest BCUT2D eigenvalue weighted by Gasteiger charge is 2.31.